The summed E-state index contributed by atoms with van der Waals surface area (Å²) in [6.45, 7) is 4.21. The Morgan fingerprint density at radius 1 is 0.950 bits per heavy atom. The van der Waals surface area contributed by atoms with Gasteiger partial charge in [0.25, 0.3) is 0 Å². The summed E-state index contributed by atoms with van der Waals surface area (Å²) in [5, 5.41) is 4.49. The number of hydrogen-bond acceptors (Lipinski definition) is 1. The molecule has 1 heterocycles. The Hall–Kier alpha value is -1.87. The van der Waals surface area contributed by atoms with Crippen LogP contribution in [-0.2, 0) is 0 Å². The van der Waals surface area contributed by atoms with E-state index in [1.54, 1.807) is 0 Å². The zero-order valence-electron chi connectivity index (χ0n) is 11.5. The number of halogens is 1. The summed E-state index contributed by atoms with van der Waals surface area (Å²) < 4.78 is 3.03. The highest BCUT2D eigenvalue weighted by atomic mass is 79.9. The van der Waals surface area contributed by atoms with Crippen molar-refractivity contribution in [2.75, 3.05) is 0 Å². The lowest BCUT2D eigenvalue weighted by atomic mass is 10.1. The normalized spacial score (nSPS) is 10.8. The van der Waals surface area contributed by atoms with Crippen LogP contribution in [0.2, 0.25) is 0 Å². The van der Waals surface area contributed by atoms with Crippen LogP contribution in [0.4, 0.5) is 0 Å². The van der Waals surface area contributed by atoms with Gasteiger partial charge >= 0.3 is 0 Å². The number of nitrogens with zero attached hydrogens (tertiary/aromatic N) is 2. The van der Waals surface area contributed by atoms with E-state index >= 15 is 0 Å². The van der Waals surface area contributed by atoms with Crippen LogP contribution in [0.3, 0.4) is 0 Å². The summed E-state index contributed by atoms with van der Waals surface area (Å²) in [6.07, 6.45) is 3.98. The van der Waals surface area contributed by atoms with E-state index in [9.17, 15) is 0 Å². The van der Waals surface area contributed by atoms with E-state index in [4.69, 9.17) is 0 Å². The Morgan fingerprint density at radius 3 is 2.45 bits per heavy atom. The van der Waals surface area contributed by atoms with Crippen LogP contribution in [0.1, 0.15) is 11.1 Å². The van der Waals surface area contributed by atoms with Crippen molar-refractivity contribution in [2.45, 2.75) is 13.8 Å². The second kappa shape index (κ2) is 5.25. The standard InChI is InChI=1S/C17H15BrN2/c1-12-3-4-13(2)17(9-12)20-11-15(10-19-20)14-5-7-16(18)8-6-14/h3-11H,1-2H3. The van der Waals surface area contributed by atoms with Gasteiger partial charge in [-0.2, -0.15) is 5.10 Å². The van der Waals surface area contributed by atoms with Crippen LogP contribution >= 0.6 is 15.9 Å². The Kier molecular flexibility index (Phi) is 3.45. The Balaban J connectivity index is 2.01. The molecule has 0 aliphatic heterocycles. The first-order valence-electron chi connectivity index (χ1n) is 6.52. The highest BCUT2D eigenvalue weighted by molar-refractivity contribution is 9.10. The second-order valence-electron chi connectivity index (χ2n) is 4.97. The monoisotopic (exact) mass is 326 g/mol. The van der Waals surface area contributed by atoms with E-state index in [1.807, 2.05) is 23.0 Å². The third-order valence-electron chi connectivity index (χ3n) is 3.37. The molecular formula is C17H15BrN2. The summed E-state index contributed by atoms with van der Waals surface area (Å²) in [5.41, 5.74) is 5.89. The van der Waals surface area contributed by atoms with E-state index in [0.717, 1.165) is 15.7 Å². The maximum absolute atomic E-state index is 4.49. The van der Waals surface area contributed by atoms with Gasteiger partial charge in [0.1, 0.15) is 0 Å². The van der Waals surface area contributed by atoms with Crippen molar-refractivity contribution >= 4 is 15.9 Å². The van der Waals surface area contributed by atoms with Gasteiger partial charge in [-0.05, 0) is 48.7 Å². The molecule has 0 atom stereocenters. The van der Waals surface area contributed by atoms with Crippen molar-refractivity contribution in [1.29, 1.82) is 0 Å². The van der Waals surface area contributed by atoms with Gasteiger partial charge in [0.15, 0.2) is 0 Å². The van der Waals surface area contributed by atoms with Crippen LogP contribution in [0, 0.1) is 13.8 Å². The van der Waals surface area contributed by atoms with E-state index in [0.29, 0.717) is 0 Å². The van der Waals surface area contributed by atoms with Crippen molar-refractivity contribution in [3.05, 3.63) is 70.5 Å². The van der Waals surface area contributed by atoms with Gasteiger partial charge in [-0.1, -0.05) is 40.2 Å². The molecule has 0 aliphatic rings. The molecule has 0 fully saturated rings. The second-order valence-corrected chi connectivity index (χ2v) is 5.89. The van der Waals surface area contributed by atoms with Gasteiger partial charge in [0, 0.05) is 16.2 Å². The molecule has 0 spiro atoms. The predicted molar refractivity (Wildman–Crippen MR) is 86.2 cm³/mol. The molecule has 0 radical (unpaired) electrons. The fourth-order valence-corrected chi connectivity index (χ4v) is 2.48. The molecule has 20 heavy (non-hydrogen) atoms. The molecule has 100 valence electrons. The molecular weight excluding hydrogens is 312 g/mol. The Bertz CT molecular complexity index is 742. The van der Waals surface area contributed by atoms with Gasteiger partial charge in [-0.25, -0.2) is 4.68 Å². The third-order valence-corrected chi connectivity index (χ3v) is 3.90. The average molecular weight is 327 g/mol. The third kappa shape index (κ3) is 2.54. The van der Waals surface area contributed by atoms with E-state index < -0.39 is 0 Å². The van der Waals surface area contributed by atoms with E-state index in [1.165, 1.54) is 16.7 Å². The van der Waals surface area contributed by atoms with Crippen LogP contribution in [0.15, 0.2) is 59.3 Å². The fraction of sp³-hybridized carbons (Fsp3) is 0.118. The van der Waals surface area contributed by atoms with Crippen LogP contribution in [0.5, 0.6) is 0 Å². The minimum Gasteiger partial charge on any atom is -0.240 e. The van der Waals surface area contributed by atoms with Crippen molar-refractivity contribution in [2.24, 2.45) is 0 Å². The molecule has 0 saturated carbocycles. The number of aryl methyl sites for hydroxylation is 2. The molecule has 0 aliphatic carbocycles. The smallest absolute Gasteiger partial charge is 0.0677 e. The number of hydrogen-bond donors (Lipinski definition) is 0. The van der Waals surface area contributed by atoms with Crippen molar-refractivity contribution in [1.82, 2.24) is 9.78 Å². The highest BCUT2D eigenvalue weighted by Gasteiger charge is 2.06. The fourth-order valence-electron chi connectivity index (χ4n) is 2.21. The molecule has 1 aromatic heterocycles. The lowest BCUT2D eigenvalue weighted by molar-refractivity contribution is 0.871. The minimum absolute atomic E-state index is 1.09. The number of aromatic nitrogens is 2. The van der Waals surface area contributed by atoms with Gasteiger partial charge in [-0.15, -0.1) is 0 Å². The maximum atomic E-state index is 4.49. The number of rotatable bonds is 2. The first-order chi connectivity index (χ1) is 9.63. The summed E-state index contributed by atoms with van der Waals surface area (Å²) >= 11 is 3.46. The molecule has 3 rings (SSSR count). The summed E-state index contributed by atoms with van der Waals surface area (Å²) in [4.78, 5) is 0. The topological polar surface area (TPSA) is 17.8 Å². The minimum atomic E-state index is 1.09. The Morgan fingerprint density at radius 2 is 1.70 bits per heavy atom. The molecule has 0 saturated heterocycles. The van der Waals surface area contributed by atoms with Gasteiger partial charge in [0.05, 0.1) is 11.9 Å². The van der Waals surface area contributed by atoms with E-state index in [-0.39, 0.29) is 0 Å². The maximum Gasteiger partial charge on any atom is 0.0677 e. The summed E-state index contributed by atoms with van der Waals surface area (Å²) in [5.74, 6) is 0. The first kappa shape index (κ1) is 13.1. The number of benzene rings is 2. The molecule has 3 aromatic rings. The molecule has 0 bridgehead atoms. The first-order valence-corrected chi connectivity index (χ1v) is 7.31. The summed E-state index contributed by atoms with van der Waals surface area (Å²) in [6, 6.07) is 14.7. The molecule has 0 N–H and O–H groups in total. The summed E-state index contributed by atoms with van der Waals surface area (Å²) in [7, 11) is 0. The Labute approximate surface area is 127 Å². The van der Waals surface area contributed by atoms with Gasteiger partial charge in [-0.3, -0.25) is 0 Å². The van der Waals surface area contributed by atoms with Crippen molar-refractivity contribution < 1.29 is 0 Å². The van der Waals surface area contributed by atoms with Crippen LogP contribution in [0.25, 0.3) is 16.8 Å². The van der Waals surface area contributed by atoms with Crippen molar-refractivity contribution in [3.63, 3.8) is 0 Å². The SMILES string of the molecule is Cc1ccc(C)c(-n2cc(-c3ccc(Br)cc3)cn2)c1. The van der Waals surface area contributed by atoms with Gasteiger partial charge in [0.2, 0.25) is 0 Å². The molecule has 3 heteroatoms. The average Bonchev–Trinajstić information content (AvgIpc) is 2.92. The van der Waals surface area contributed by atoms with Crippen LogP contribution in [-0.4, -0.2) is 9.78 Å². The zero-order chi connectivity index (χ0) is 14.1. The van der Waals surface area contributed by atoms with Crippen LogP contribution < -0.4 is 0 Å². The largest absolute Gasteiger partial charge is 0.240 e. The quantitative estimate of drug-likeness (QED) is 0.653. The molecule has 2 aromatic carbocycles. The van der Waals surface area contributed by atoms with Crippen molar-refractivity contribution in [3.8, 4) is 16.8 Å². The zero-order valence-corrected chi connectivity index (χ0v) is 13.1. The lowest BCUT2D eigenvalue weighted by Crippen LogP contribution is -1.97. The molecule has 0 amide bonds. The predicted octanol–water partition coefficient (Wildman–Crippen LogP) is 4.92. The molecule has 2 nitrogen and oxygen atoms in total. The lowest BCUT2D eigenvalue weighted by Gasteiger charge is -2.06. The highest BCUT2D eigenvalue weighted by Crippen LogP contribution is 2.23. The molecule has 0 unspecified atom stereocenters. The van der Waals surface area contributed by atoms with E-state index in [2.05, 4.69) is 71.4 Å². The van der Waals surface area contributed by atoms with Gasteiger partial charge < -0.3 is 0 Å².